The molecule has 2 aromatic rings. The largest absolute Gasteiger partial charge is 0.332 e. The van der Waals surface area contributed by atoms with Crippen molar-refractivity contribution in [1.29, 1.82) is 0 Å². The molecule has 0 aliphatic carbocycles. The molecule has 1 atom stereocenters. The van der Waals surface area contributed by atoms with Crippen LogP contribution in [0.4, 0.5) is 0 Å². The van der Waals surface area contributed by atoms with E-state index < -0.39 is 0 Å². The number of hydrogen-bond acceptors (Lipinski definition) is 5. The third-order valence-corrected chi connectivity index (χ3v) is 1.88. The van der Waals surface area contributed by atoms with Crippen molar-refractivity contribution < 1.29 is 4.52 Å². The Hall–Kier alpha value is -1.69. The normalized spacial score (nSPS) is 13.1. The van der Waals surface area contributed by atoms with Crippen LogP contribution < -0.4 is 5.73 Å². The van der Waals surface area contributed by atoms with Crippen LogP contribution in [0, 0.1) is 0 Å². The smallest absolute Gasteiger partial charge is 0.276 e. The fourth-order valence-electron chi connectivity index (χ4n) is 1.09. The molecule has 0 aliphatic rings. The monoisotopic (exact) mass is 193 g/mol. The molecule has 2 N–H and O–H groups in total. The SMILES string of the molecule is CC(N)c1noc(-c2cncn2C)n1. The van der Waals surface area contributed by atoms with Gasteiger partial charge in [-0.2, -0.15) is 4.98 Å². The van der Waals surface area contributed by atoms with Crippen LogP contribution in [0.25, 0.3) is 11.6 Å². The van der Waals surface area contributed by atoms with E-state index in [1.807, 2.05) is 7.05 Å². The summed E-state index contributed by atoms with van der Waals surface area (Å²) in [6, 6.07) is -0.222. The Kier molecular flexibility index (Phi) is 2.05. The van der Waals surface area contributed by atoms with Gasteiger partial charge in [0.15, 0.2) is 5.82 Å². The summed E-state index contributed by atoms with van der Waals surface area (Å²) in [5, 5.41) is 3.76. The van der Waals surface area contributed by atoms with Crippen molar-refractivity contribution in [1.82, 2.24) is 19.7 Å². The maximum absolute atomic E-state index is 5.61. The highest BCUT2D eigenvalue weighted by atomic mass is 16.5. The molecule has 0 aromatic carbocycles. The number of imidazole rings is 1. The Labute approximate surface area is 80.7 Å². The van der Waals surface area contributed by atoms with Gasteiger partial charge in [0, 0.05) is 7.05 Å². The first-order chi connectivity index (χ1) is 6.68. The minimum atomic E-state index is -0.222. The molecule has 6 nitrogen and oxygen atoms in total. The maximum atomic E-state index is 5.61. The number of nitrogens with two attached hydrogens (primary N) is 1. The predicted molar refractivity (Wildman–Crippen MR) is 49.1 cm³/mol. The van der Waals surface area contributed by atoms with E-state index in [-0.39, 0.29) is 6.04 Å². The maximum Gasteiger partial charge on any atom is 0.276 e. The number of rotatable bonds is 2. The van der Waals surface area contributed by atoms with E-state index in [4.69, 9.17) is 10.3 Å². The van der Waals surface area contributed by atoms with E-state index in [0.29, 0.717) is 11.7 Å². The quantitative estimate of drug-likeness (QED) is 0.750. The summed E-state index contributed by atoms with van der Waals surface area (Å²) in [6.45, 7) is 1.80. The molecule has 0 radical (unpaired) electrons. The molecule has 2 aromatic heterocycles. The average molecular weight is 193 g/mol. The van der Waals surface area contributed by atoms with Crippen molar-refractivity contribution in [3.05, 3.63) is 18.3 Å². The van der Waals surface area contributed by atoms with Gasteiger partial charge in [0.1, 0.15) is 5.69 Å². The van der Waals surface area contributed by atoms with E-state index in [1.54, 1.807) is 24.0 Å². The molecule has 0 spiro atoms. The van der Waals surface area contributed by atoms with E-state index >= 15 is 0 Å². The van der Waals surface area contributed by atoms with Gasteiger partial charge in [-0.05, 0) is 6.92 Å². The molecule has 0 fully saturated rings. The van der Waals surface area contributed by atoms with Crippen molar-refractivity contribution in [2.75, 3.05) is 0 Å². The van der Waals surface area contributed by atoms with Gasteiger partial charge in [-0.25, -0.2) is 4.98 Å². The highest BCUT2D eigenvalue weighted by Gasteiger charge is 2.13. The molecule has 0 amide bonds. The van der Waals surface area contributed by atoms with E-state index in [2.05, 4.69) is 15.1 Å². The Balaban J connectivity index is 2.39. The van der Waals surface area contributed by atoms with Gasteiger partial charge in [0.2, 0.25) is 0 Å². The van der Waals surface area contributed by atoms with Crippen LogP contribution in [-0.2, 0) is 7.05 Å². The summed E-state index contributed by atoms with van der Waals surface area (Å²) in [6.07, 6.45) is 3.34. The summed E-state index contributed by atoms with van der Waals surface area (Å²) >= 11 is 0. The first-order valence-corrected chi connectivity index (χ1v) is 4.24. The molecule has 0 saturated heterocycles. The van der Waals surface area contributed by atoms with Crippen LogP contribution in [0.1, 0.15) is 18.8 Å². The van der Waals surface area contributed by atoms with Gasteiger partial charge in [0.25, 0.3) is 5.89 Å². The van der Waals surface area contributed by atoms with Crippen LogP contribution in [-0.4, -0.2) is 19.7 Å². The summed E-state index contributed by atoms with van der Waals surface area (Å²) < 4.78 is 6.85. The zero-order valence-electron chi connectivity index (χ0n) is 8.01. The molecule has 74 valence electrons. The lowest BCUT2D eigenvalue weighted by Crippen LogP contribution is -2.06. The van der Waals surface area contributed by atoms with Crippen molar-refractivity contribution >= 4 is 0 Å². The van der Waals surface area contributed by atoms with Gasteiger partial charge in [-0.1, -0.05) is 5.16 Å². The summed E-state index contributed by atoms with van der Waals surface area (Å²) in [5.74, 6) is 0.943. The average Bonchev–Trinajstić information content (AvgIpc) is 2.71. The van der Waals surface area contributed by atoms with Crippen molar-refractivity contribution in [3.8, 4) is 11.6 Å². The highest BCUT2D eigenvalue weighted by Crippen LogP contribution is 2.16. The van der Waals surface area contributed by atoms with E-state index in [9.17, 15) is 0 Å². The molecule has 0 bridgehead atoms. The van der Waals surface area contributed by atoms with Gasteiger partial charge >= 0.3 is 0 Å². The zero-order valence-corrected chi connectivity index (χ0v) is 8.01. The first-order valence-electron chi connectivity index (χ1n) is 4.24. The lowest BCUT2D eigenvalue weighted by molar-refractivity contribution is 0.416. The molecule has 2 heterocycles. The van der Waals surface area contributed by atoms with Crippen LogP contribution >= 0.6 is 0 Å². The first kappa shape index (κ1) is 8.89. The minimum Gasteiger partial charge on any atom is -0.332 e. The molecule has 14 heavy (non-hydrogen) atoms. The summed E-state index contributed by atoms with van der Waals surface area (Å²) in [4.78, 5) is 8.11. The van der Waals surface area contributed by atoms with Crippen LogP contribution in [0.3, 0.4) is 0 Å². The molecular weight excluding hydrogens is 182 g/mol. The zero-order chi connectivity index (χ0) is 10.1. The third-order valence-electron chi connectivity index (χ3n) is 1.88. The van der Waals surface area contributed by atoms with Gasteiger partial charge in [-0.3, -0.25) is 0 Å². The number of nitrogens with zero attached hydrogens (tertiary/aromatic N) is 4. The van der Waals surface area contributed by atoms with Gasteiger partial charge in [0.05, 0.1) is 18.6 Å². The summed E-state index contributed by atoms with van der Waals surface area (Å²) in [5.41, 5.74) is 6.39. The number of aromatic nitrogens is 4. The predicted octanol–water partition coefficient (Wildman–Crippen LogP) is 0.490. The molecular formula is C8H11N5O. The fourth-order valence-corrected chi connectivity index (χ4v) is 1.09. The van der Waals surface area contributed by atoms with Crippen LogP contribution in [0.2, 0.25) is 0 Å². The molecule has 2 rings (SSSR count). The Morgan fingerprint density at radius 1 is 1.57 bits per heavy atom. The van der Waals surface area contributed by atoms with Crippen LogP contribution in [0.5, 0.6) is 0 Å². The van der Waals surface area contributed by atoms with Crippen LogP contribution in [0.15, 0.2) is 17.0 Å². The Bertz CT molecular complexity index is 430. The molecule has 6 heteroatoms. The third kappa shape index (κ3) is 1.39. The summed E-state index contributed by atoms with van der Waals surface area (Å²) in [7, 11) is 1.86. The highest BCUT2D eigenvalue weighted by molar-refractivity contribution is 5.45. The fraction of sp³-hybridized carbons (Fsp3) is 0.375. The van der Waals surface area contributed by atoms with E-state index in [1.165, 1.54) is 0 Å². The standard InChI is InChI=1S/C8H11N5O/c1-5(9)7-11-8(14-12-7)6-3-10-4-13(6)2/h3-5H,9H2,1-2H3. The second-order valence-corrected chi connectivity index (χ2v) is 3.14. The van der Waals surface area contributed by atoms with Gasteiger partial charge in [-0.15, -0.1) is 0 Å². The molecule has 0 aliphatic heterocycles. The second kappa shape index (κ2) is 3.22. The molecule has 0 saturated carbocycles. The minimum absolute atomic E-state index is 0.222. The van der Waals surface area contributed by atoms with Crippen molar-refractivity contribution in [3.63, 3.8) is 0 Å². The lowest BCUT2D eigenvalue weighted by atomic mass is 10.3. The number of aryl methyl sites for hydroxylation is 1. The van der Waals surface area contributed by atoms with E-state index in [0.717, 1.165) is 5.69 Å². The second-order valence-electron chi connectivity index (χ2n) is 3.14. The van der Waals surface area contributed by atoms with Gasteiger partial charge < -0.3 is 14.8 Å². The van der Waals surface area contributed by atoms with Crippen molar-refractivity contribution in [2.45, 2.75) is 13.0 Å². The topological polar surface area (TPSA) is 82.8 Å². The lowest BCUT2D eigenvalue weighted by Gasteiger charge is -1.94. The Morgan fingerprint density at radius 3 is 2.86 bits per heavy atom. The Morgan fingerprint density at radius 2 is 2.36 bits per heavy atom. The number of hydrogen-bond donors (Lipinski definition) is 1. The molecule has 1 unspecified atom stereocenters. The van der Waals surface area contributed by atoms with Crippen molar-refractivity contribution in [2.24, 2.45) is 12.8 Å².